The fraction of sp³-hybridized carbons (Fsp3) is 0.333. The van der Waals surface area contributed by atoms with Gasteiger partial charge in [0.2, 0.25) is 0 Å². The van der Waals surface area contributed by atoms with E-state index in [2.05, 4.69) is 4.98 Å². The third kappa shape index (κ3) is 2.88. The highest BCUT2D eigenvalue weighted by Crippen LogP contribution is 2.15. The molecule has 1 fully saturated rings. The van der Waals surface area contributed by atoms with E-state index in [0.29, 0.717) is 18.7 Å². The van der Waals surface area contributed by atoms with Crippen LogP contribution >= 0.6 is 11.6 Å². The second kappa shape index (κ2) is 5.87. The minimum absolute atomic E-state index is 0.146. The van der Waals surface area contributed by atoms with Crippen LogP contribution in [-0.2, 0) is 9.59 Å². The Labute approximate surface area is 120 Å². The summed E-state index contributed by atoms with van der Waals surface area (Å²) in [5, 5.41) is 0.146. The van der Waals surface area contributed by atoms with Gasteiger partial charge in [-0.3, -0.25) is 14.4 Å². The normalized spacial score (nSPS) is 15.1. The molecular formula is C12H13ClN4O3. The van der Waals surface area contributed by atoms with Crippen molar-refractivity contribution in [2.75, 3.05) is 26.2 Å². The van der Waals surface area contributed by atoms with E-state index < -0.39 is 11.8 Å². The number of rotatable bonds is 1. The maximum Gasteiger partial charge on any atom is 0.311 e. The number of pyridine rings is 1. The van der Waals surface area contributed by atoms with Crippen LogP contribution in [0, 0.1) is 0 Å². The number of carbonyl (C=O) groups excluding carboxylic acids is 3. The molecule has 0 unspecified atom stereocenters. The van der Waals surface area contributed by atoms with Crippen molar-refractivity contribution in [1.29, 1.82) is 0 Å². The Morgan fingerprint density at radius 3 is 2.30 bits per heavy atom. The molecule has 1 aliphatic heterocycles. The Bertz CT molecular complexity index is 555. The molecule has 2 rings (SSSR count). The van der Waals surface area contributed by atoms with Crippen LogP contribution in [-0.4, -0.2) is 58.7 Å². The molecule has 2 heterocycles. The van der Waals surface area contributed by atoms with E-state index in [0.717, 1.165) is 0 Å². The first-order chi connectivity index (χ1) is 9.50. The molecule has 106 valence electrons. The molecule has 1 aromatic rings. The summed E-state index contributed by atoms with van der Waals surface area (Å²) in [5.41, 5.74) is 5.26. The molecule has 7 nitrogen and oxygen atoms in total. The van der Waals surface area contributed by atoms with E-state index in [4.69, 9.17) is 17.3 Å². The van der Waals surface area contributed by atoms with Gasteiger partial charge in [0.1, 0.15) is 5.15 Å². The van der Waals surface area contributed by atoms with E-state index in [9.17, 15) is 14.4 Å². The van der Waals surface area contributed by atoms with Crippen molar-refractivity contribution in [1.82, 2.24) is 14.8 Å². The summed E-state index contributed by atoms with van der Waals surface area (Å²) in [4.78, 5) is 41.2. The van der Waals surface area contributed by atoms with E-state index in [1.54, 1.807) is 17.0 Å². The summed E-state index contributed by atoms with van der Waals surface area (Å²) < 4.78 is 0. The Morgan fingerprint density at radius 1 is 1.15 bits per heavy atom. The van der Waals surface area contributed by atoms with Crippen LogP contribution < -0.4 is 5.73 Å². The number of amides is 3. The lowest BCUT2D eigenvalue weighted by molar-refractivity contribution is -0.145. The van der Waals surface area contributed by atoms with Gasteiger partial charge in [0.15, 0.2) is 0 Å². The van der Waals surface area contributed by atoms with Crippen LogP contribution in [0.1, 0.15) is 10.4 Å². The minimum atomic E-state index is -0.986. The second-order valence-electron chi connectivity index (χ2n) is 4.29. The number of piperazine rings is 1. The second-order valence-corrected chi connectivity index (χ2v) is 4.65. The lowest BCUT2D eigenvalue weighted by Gasteiger charge is -2.34. The molecule has 0 spiro atoms. The van der Waals surface area contributed by atoms with Crippen molar-refractivity contribution in [2.24, 2.45) is 5.73 Å². The Balaban J connectivity index is 2.01. The lowest BCUT2D eigenvalue weighted by atomic mass is 10.2. The maximum absolute atomic E-state index is 12.2. The molecule has 1 aliphatic rings. The molecule has 0 aromatic carbocycles. The van der Waals surface area contributed by atoms with Crippen molar-refractivity contribution in [2.45, 2.75) is 0 Å². The molecule has 3 amide bonds. The summed E-state index contributed by atoms with van der Waals surface area (Å²) in [6.45, 7) is 1.18. The minimum Gasteiger partial charge on any atom is -0.361 e. The number of primary amides is 1. The average Bonchev–Trinajstić information content (AvgIpc) is 2.46. The molecule has 1 aromatic heterocycles. The van der Waals surface area contributed by atoms with E-state index in [1.807, 2.05) is 0 Å². The standard InChI is InChI=1S/C12H13ClN4O3/c13-9-8(2-1-3-15-9)11(19)16-4-6-17(7-5-16)12(20)10(14)18/h1-3H,4-7H2,(H2,14,18). The zero-order valence-corrected chi connectivity index (χ0v) is 11.3. The molecular weight excluding hydrogens is 284 g/mol. The summed E-state index contributed by atoms with van der Waals surface area (Å²) in [7, 11) is 0. The van der Waals surface area contributed by atoms with Gasteiger partial charge < -0.3 is 15.5 Å². The summed E-state index contributed by atoms with van der Waals surface area (Å²) >= 11 is 5.87. The van der Waals surface area contributed by atoms with E-state index in [-0.39, 0.29) is 24.1 Å². The van der Waals surface area contributed by atoms with Gasteiger partial charge in [-0.05, 0) is 12.1 Å². The molecule has 8 heteroatoms. The number of halogens is 1. The Hall–Kier alpha value is -2.15. The number of hydrogen-bond donors (Lipinski definition) is 1. The Kier molecular flexibility index (Phi) is 4.19. The summed E-state index contributed by atoms with van der Waals surface area (Å²) in [6.07, 6.45) is 1.50. The van der Waals surface area contributed by atoms with Crippen LogP contribution in [0.15, 0.2) is 18.3 Å². The predicted octanol–water partition coefficient (Wildman–Crippen LogP) is -0.495. The lowest BCUT2D eigenvalue weighted by Crippen LogP contribution is -2.53. The fourth-order valence-electron chi connectivity index (χ4n) is 1.98. The molecule has 0 bridgehead atoms. The van der Waals surface area contributed by atoms with E-state index >= 15 is 0 Å². The molecule has 1 saturated heterocycles. The summed E-state index contributed by atoms with van der Waals surface area (Å²) in [6, 6.07) is 3.23. The SMILES string of the molecule is NC(=O)C(=O)N1CCN(C(=O)c2cccnc2Cl)CC1. The highest BCUT2D eigenvalue weighted by Gasteiger charge is 2.27. The molecule has 2 N–H and O–H groups in total. The van der Waals surface area contributed by atoms with Crippen molar-refractivity contribution >= 4 is 29.3 Å². The molecule has 20 heavy (non-hydrogen) atoms. The van der Waals surface area contributed by atoms with Crippen LogP contribution in [0.25, 0.3) is 0 Å². The predicted molar refractivity (Wildman–Crippen MR) is 70.9 cm³/mol. The number of nitrogens with zero attached hydrogens (tertiary/aromatic N) is 3. The van der Waals surface area contributed by atoms with Crippen molar-refractivity contribution in [3.05, 3.63) is 29.0 Å². The van der Waals surface area contributed by atoms with Crippen molar-refractivity contribution in [3.63, 3.8) is 0 Å². The quantitative estimate of drug-likeness (QED) is 0.558. The number of nitrogens with two attached hydrogens (primary N) is 1. The van der Waals surface area contributed by atoms with Gasteiger partial charge in [-0.15, -0.1) is 0 Å². The van der Waals surface area contributed by atoms with Gasteiger partial charge in [-0.1, -0.05) is 11.6 Å². The third-order valence-electron chi connectivity index (χ3n) is 3.05. The van der Waals surface area contributed by atoms with Gasteiger partial charge in [-0.2, -0.15) is 0 Å². The van der Waals surface area contributed by atoms with E-state index in [1.165, 1.54) is 11.1 Å². The van der Waals surface area contributed by atoms with Gasteiger partial charge in [0.05, 0.1) is 5.56 Å². The molecule has 0 radical (unpaired) electrons. The monoisotopic (exact) mass is 296 g/mol. The zero-order chi connectivity index (χ0) is 14.7. The van der Waals surface area contributed by atoms with Gasteiger partial charge in [0, 0.05) is 32.4 Å². The average molecular weight is 297 g/mol. The maximum atomic E-state index is 12.2. The number of carbonyl (C=O) groups is 3. The van der Waals surface area contributed by atoms with Crippen LogP contribution in [0.4, 0.5) is 0 Å². The van der Waals surface area contributed by atoms with Gasteiger partial charge >= 0.3 is 11.8 Å². The Morgan fingerprint density at radius 2 is 1.75 bits per heavy atom. The zero-order valence-electron chi connectivity index (χ0n) is 10.6. The van der Waals surface area contributed by atoms with Gasteiger partial charge in [-0.25, -0.2) is 4.98 Å². The molecule has 0 aliphatic carbocycles. The van der Waals surface area contributed by atoms with Crippen LogP contribution in [0.2, 0.25) is 5.15 Å². The van der Waals surface area contributed by atoms with Gasteiger partial charge in [0.25, 0.3) is 5.91 Å². The fourth-order valence-corrected chi connectivity index (χ4v) is 2.18. The van der Waals surface area contributed by atoms with Crippen molar-refractivity contribution < 1.29 is 14.4 Å². The largest absolute Gasteiger partial charge is 0.361 e. The first kappa shape index (κ1) is 14.3. The van der Waals surface area contributed by atoms with Crippen LogP contribution in [0.5, 0.6) is 0 Å². The first-order valence-corrected chi connectivity index (χ1v) is 6.37. The topological polar surface area (TPSA) is 96.6 Å². The number of hydrogen-bond acceptors (Lipinski definition) is 4. The molecule has 0 atom stereocenters. The summed E-state index contributed by atoms with van der Waals surface area (Å²) in [5.74, 6) is -1.95. The smallest absolute Gasteiger partial charge is 0.311 e. The van der Waals surface area contributed by atoms with Crippen LogP contribution in [0.3, 0.4) is 0 Å². The van der Waals surface area contributed by atoms with Crippen molar-refractivity contribution in [3.8, 4) is 0 Å². The number of aromatic nitrogens is 1. The highest BCUT2D eigenvalue weighted by molar-refractivity contribution is 6.34. The first-order valence-electron chi connectivity index (χ1n) is 5.99. The third-order valence-corrected chi connectivity index (χ3v) is 3.36. The highest BCUT2D eigenvalue weighted by atomic mass is 35.5. The molecule has 0 saturated carbocycles.